The zero-order valence-corrected chi connectivity index (χ0v) is 15.2. The Kier molecular flexibility index (Phi) is 5.18. The lowest BCUT2D eigenvalue weighted by atomic mass is 10.0. The van der Waals surface area contributed by atoms with Gasteiger partial charge in [0.1, 0.15) is 5.82 Å². The van der Waals surface area contributed by atoms with Gasteiger partial charge in [0.15, 0.2) is 0 Å². The second kappa shape index (κ2) is 7.90. The number of aromatic amines is 1. The maximum absolute atomic E-state index is 12.3. The molecule has 3 aromatic rings. The molecule has 5 N–H and O–H groups in total. The van der Waals surface area contributed by atoms with Crippen molar-refractivity contribution in [1.82, 2.24) is 20.6 Å². The smallest absolute Gasteiger partial charge is 0.237 e. The standard InChI is InChI=1S/C21H25N5O/c22-11-16-10-19(23-12-16)21(27)24-13-20-25-17-7-6-15(9-18(17)26-20)8-14-4-2-1-3-5-14/h1-7,9,16,19,23H,8,10-13,22H2,(H,24,27)(H,25,26). The van der Waals surface area contributed by atoms with Gasteiger partial charge in [-0.3, -0.25) is 4.79 Å². The first-order chi connectivity index (χ1) is 13.2. The molecule has 6 heteroatoms. The third-order valence-electron chi connectivity index (χ3n) is 5.15. The van der Waals surface area contributed by atoms with E-state index >= 15 is 0 Å². The largest absolute Gasteiger partial charge is 0.348 e. The molecule has 0 spiro atoms. The van der Waals surface area contributed by atoms with E-state index in [1.165, 1.54) is 11.1 Å². The molecule has 0 aliphatic carbocycles. The lowest BCUT2D eigenvalue weighted by Crippen LogP contribution is -2.40. The maximum Gasteiger partial charge on any atom is 0.237 e. The summed E-state index contributed by atoms with van der Waals surface area (Å²) in [6.07, 6.45) is 1.68. The molecular formula is C21H25N5O. The minimum Gasteiger partial charge on any atom is -0.348 e. The van der Waals surface area contributed by atoms with Crippen LogP contribution in [0.2, 0.25) is 0 Å². The van der Waals surface area contributed by atoms with Crippen LogP contribution in [0.5, 0.6) is 0 Å². The third kappa shape index (κ3) is 4.18. The summed E-state index contributed by atoms with van der Waals surface area (Å²) in [5, 5.41) is 6.19. The average molecular weight is 363 g/mol. The van der Waals surface area contributed by atoms with Gasteiger partial charge in [0.2, 0.25) is 5.91 Å². The molecule has 1 aliphatic heterocycles. The minimum atomic E-state index is -0.152. The highest BCUT2D eigenvalue weighted by atomic mass is 16.2. The van der Waals surface area contributed by atoms with Crippen molar-refractivity contribution in [3.8, 4) is 0 Å². The molecule has 0 saturated carbocycles. The zero-order chi connectivity index (χ0) is 18.6. The maximum atomic E-state index is 12.3. The number of fused-ring (bicyclic) bond motifs is 1. The summed E-state index contributed by atoms with van der Waals surface area (Å²) >= 11 is 0. The number of imidazole rings is 1. The number of nitrogens with two attached hydrogens (primary N) is 1. The number of rotatable bonds is 6. The van der Waals surface area contributed by atoms with E-state index in [0.29, 0.717) is 19.0 Å². The van der Waals surface area contributed by atoms with Gasteiger partial charge in [0.25, 0.3) is 0 Å². The van der Waals surface area contributed by atoms with Crippen LogP contribution in [0.15, 0.2) is 48.5 Å². The van der Waals surface area contributed by atoms with Gasteiger partial charge in [-0.2, -0.15) is 0 Å². The predicted octanol–water partition coefficient (Wildman–Crippen LogP) is 1.71. The Morgan fingerprint density at radius 2 is 2.04 bits per heavy atom. The van der Waals surface area contributed by atoms with Crippen LogP contribution in [0.3, 0.4) is 0 Å². The van der Waals surface area contributed by atoms with Crippen LogP contribution < -0.4 is 16.4 Å². The van der Waals surface area contributed by atoms with Gasteiger partial charge in [0.05, 0.1) is 23.6 Å². The van der Waals surface area contributed by atoms with Gasteiger partial charge in [-0.1, -0.05) is 36.4 Å². The first-order valence-electron chi connectivity index (χ1n) is 9.44. The number of hydrogen-bond acceptors (Lipinski definition) is 4. The summed E-state index contributed by atoms with van der Waals surface area (Å²) in [5.74, 6) is 1.16. The number of amides is 1. The van der Waals surface area contributed by atoms with Crippen LogP contribution in [0.1, 0.15) is 23.4 Å². The Balaban J connectivity index is 1.39. The van der Waals surface area contributed by atoms with E-state index in [1.807, 2.05) is 12.1 Å². The lowest BCUT2D eigenvalue weighted by molar-refractivity contribution is -0.123. The molecule has 1 saturated heterocycles. The minimum absolute atomic E-state index is 0.0103. The number of aromatic nitrogens is 2. The number of carbonyl (C=O) groups excluding carboxylic acids is 1. The van der Waals surface area contributed by atoms with E-state index in [4.69, 9.17) is 5.73 Å². The topological polar surface area (TPSA) is 95.8 Å². The Bertz CT molecular complexity index is 921. The SMILES string of the molecule is NCC1CNC(C(=O)NCc2nc3ccc(Cc4ccccc4)cc3[nH]2)C1. The molecular weight excluding hydrogens is 338 g/mol. The molecule has 2 aromatic carbocycles. The highest BCUT2D eigenvalue weighted by Crippen LogP contribution is 2.17. The van der Waals surface area contributed by atoms with E-state index in [0.717, 1.165) is 36.2 Å². The lowest BCUT2D eigenvalue weighted by Gasteiger charge is -2.10. The highest BCUT2D eigenvalue weighted by molar-refractivity contribution is 5.82. The Hall–Kier alpha value is -2.70. The quantitative estimate of drug-likeness (QED) is 0.536. The summed E-state index contributed by atoms with van der Waals surface area (Å²) in [4.78, 5) is 20.2. The van der Waals surface area contributed by atoms with Crippen molar-refractivity contribution < 1.29 is 4.79 Å². The van der Waals surface area contributed by atoms with Crippen LogP contribution in [0, 0.1) is 5.92 Å². The number of hydrogen-bond donors (Lipinski definition) is 4. The van der Waals surface area contributed by atoms with E-state index < -0.39 is 0 Å². The van der Waals surface area contributed by atoms with Crippen LogP contribution in [-0.2, 0) is 17.8 Å². The molecule has 1 amide bonds. The highest BCUT2D eigenvalue weighted by Gasteiger charge is 2.28. The van der Waals surface area contributed by atoms with Crippen molar-refractivity contribution >= 4 is 16.9 Å². The van der Waals surface area contributed by atoms with Crippen molar-refractivity contribution in [2.75, 3.05) is 13.1 Å². The molecule has 140 valence electrons. The van der Waals surface area contributed by atoms with Gasteiger partial charge in [-0.25, -0.2) is 4.98 Å². The molecule has 0 radical (unpaired) electrons. The first-order valence-corrected chi connectivity index (χ1v) is 9.44. The number of H-pyrrole nitrogens is 1. The fourth-order valence-corrected chi connectivity index (χ4v) is 3.62. The number of nitrogens with one attached hydrogen (secondary N) is 3. The fourth-order valence-electron chi connectivity index (χ4n) is 3.62. The van der Waals surface area contributed by atoms with Crippen molar-refractivity contribution in [1.29, 1.82) is 0 Å². The van der Waals surface area contributed by atoms with Gasteiger partial charge >= 0.3 is 0 Å². The van der Waals surface area contributed by atoms with Gasteiger partial charge < -0.3 is 21.4 Å². The second-order valence-corrected chi connectivity index (χ2v) is 7.21. The monoisotopic (exact) mass is 363 g/mol. The molecule has 1 fully saturated rings. The summed E-state index contributed by atoms with van der Waals surface area (Å²) in [6.45, 7) is 1.82. The fraction of sp³-hybridized carbons (Fsp3) is 0.333. The summed E-state index contributed by atoms with van der Waals surface area (Å²) in [5.41, 5.74) is 10.1. The summed E-state index contributed by atoms with van der Waals surface area (Å²) in [6, 6.07) is 16.5. The van der Waals surface area contributed by atoms with Crippen molar-refractivity contribution in [3.05, 3.63) is 65.5 Å². The Labute approximate surface area is 158 Å². The molecule has 6 nitrogen and oxygen atoms in total. The summed E-state index contributed by atoms with van der Waals surface area (Å²) < 4.78 is 0. The normalized spacial score (nSPS) is 19.4. The van der Waals surface area contributed by atoms with Crippen LogP contribution >= 0.6 is 0 Å². The Morgan fingerprint density at radius 1 is 1.19 bits per heavy atom. The molecule has 2 unspecified atom stereocenters. The first kappa shape index (κ1) is 17.7. The van der Waals surface area contributed by atoms with Crippen LogP contribution in [0.25, 0.3) is 11.0 Å². The molecule has 0 bridgehead atoms. The number of carbonyl (C=O) groups is 1. The molecule has 2 atom stereocenters. The van der Waals surface area contributed by atoms with Crippen molar-refractivity contribution in [2.45, 2.75) is 25.4 Å². The van der Waals surface area contributed by atoms with E-state index in [2.05, 4.69) is 57.0 Å². The third-order valence-corrected chi connectivity index (χ3v) is 5.15. The Morgan fingerprint density at radius 3 is 2.81 bits per heavy atom. The second-order valence-electron chi connectivity index (χ2n) is 7.21. The average Bonchev–Trinajstić information content (AvgIpc) is 3.33. The number of nitrogens with zero attached hydrogens (tertiary/aromatic N) is 1. The van der Waals surface area contributed by atoms with Crippen LogP contribution in [-0.4, -0.2) is 35.0 Å². The molecule has 4 rings (SSSR count). The van der Waals surface area contributed by atoms with Gasteiger partial charge in [0, 0.05) is 0 Å². The van der Waals surface area contributed by atoms with Gasteiger partial charge in [-0.05, 0) is 55.1 Å². The van der Waals surface area contributed by atoms with Crippen LogP contribution in [0.4, 0.5) is 0 Å². The zero-order valence-electron chi connectivity index (χ0n) is 15.2. The van der Waals surface area contributed by atoms with Gasteiger partial charge in [-0.15, -0.1) is 0 Å². The molecule has 2 heterocycles. The van der Waals surface area contributed by atoms with E-state index in [9.17, 15) is 4.79 Å². The molecule has 1 aliphatic rings. The molecule has 27 heavy (non-hydrogen) atoms. The predicted molar refractivity (Wildman–Crippen MR) is 106 cm³/mol. The van der Waals surface area contributed by atoms with E-state index in [1.54, 1.807) is 0 Å². The summed E-state index contributed by atoms with van der Waals surface area (Å²) in [7, 11) is 0. The van der Waals surface area contributed by atoms with Crippen molar-refractivity contribution in [2.24, 2.45) is 11.7 Å². The number of benzene rings is 2. The van der Waals surface area contributed by atoms with E-state index in [-0.39, 0.29) is 11.9 Å². The molecule has 1 aromatic heterocycles. The van der Waals surface area contributed by atoms with Crippen molar-refractivity contribution in [3.63, 3.8) is 0 Å².